The number of ether oxygens (including phenoxy) is 1. The van der Waals surface area contributed by atoms with Crippen LogP contribution in [0.5, 0.6) is 5.75 Å². The van der Waals surface area contributed by atoms with Gasteiger partial charge in [-0.15, -0.1) is 0 Å². The van der Waals surface area contributed by atoms with Crippen molar-refractivity contribution in [2.45, 2.75) is 46.1 Å². The second-order valence-electron chi connectivity index (χ2n) is 5.82. The van der Waals surface area contributed by atoms with Gasteiger partial charge in [0.2, 0.25) is 0 Å². The van der Waals surface area contributed by atoms with Crippen molar-refractivity contribution in [2.24, 2.45) is 5.92 Å². The first-order valence-corrected chi connectivity index (χ1v) is 7.05. The number of methoxy groups -OCH3 is 1. The van der Waals surface area contributed by atoms with Gasteiger partial charge in [-0.05, 0) is 74.8 Å². The first kappa shape index (κ1) is 12.0. The van der Waals surface area contributed by atoms with Crippen molar-refractivity contribution in [3.05, 3.63) is 27.8 Å². The van der Waals surface area contributed by atoms with E-state index in [0.717, 1.165) is 24.6 Å². The highest BCUT2D eigenvalue weighted by Crippen LogP contribution is 2.47. The molecule has 0 radical (unpaired) electrons. The quantitative estimate of drug-likeness (QED) is 0.864. The van der Waals surface area contributed by atoms with Crippen LogP contribution in [0.3, 0.4) is 0 Å². The molecule has 1 aliphatic heterocycles. The number of benzene rings is 1. The lowest BCUT2D eigenvalue weighted by Crippen LogP contribution is -2.32. The predicted octanol–water partition coefficient (Wildman–Crippen LogP) is 3.22. The Morgan fingerprint density at radius 3 is 2.39 bits per heavy atom. The molecule has 1 atom stereocenters. The van der Waals surface area contributed by atoms with Crippen molar-refractivity contribution >= 4 is 0 Å². The maximum absolute atomic E-state index is 5.70. The summed E-state index contributed by atoms with van der Waals surface area (Å²) in [6.45, 7) is 7.79. The number of fused-ring (bicyclic) bond motifs is 1. The lowest BCUT2D eigenvalue weighted by molar-refractivity contribution is 0.390. The van der Waals surface area contributed by atoms with Crippen molar-refractivity contribution in [1.82, 2.24) is 5.32 Å². The second kappa shape index (κ2) is 4.27. The summed E-state index contributed by atoms with van der Waals surface area (Å²) in [6.07, 6.45) is 3.86. The largest absolute Gasteiger partial charge is 0.496 e. The molecule has 1 unspecified atom stereocenters. The molecule has 2 nitrogen and oxygen atoms in total. The minimum atomic E-state index is 0.571. The Kier molecular flexibility index (Phi) is 2.86. The maximum atomic E-state index is 5.70. The Labute approximate surface area is 110 Å². The van der Waals surface area contributed by atoms with Gasteiger partial charge in [0.25, 0.3) is 0 Å². The number of hydrogen-bond acceptors (Lipinski definition) is 2. The summed E-state index contributed by atoms with van der Waals surface area (Å²) < 4.78 is 5.70. The Bertz CT molecular complexity index is 489. The topological polar surface area (TPSA) is 21.3 Å². The third kappa shape index (κ3) is 1.66. The van der Waals surface area contributed by atoms with Crippen LogP contribution in [0.2, 0.25) is 0 Å². The van der Waals surface area contributed by atoms with Gasteiger partial charge >= 0.3 is 0 Å². The molecule has 0 saturated heterocycles. The molecule has 98 valence electrons. The minimum absolute atomic E-state index is 0.571. The van der Waals surface area contributed by atoms with E-state index < -0.39 is 0 Å². The molecule has 1 N–H and O–H groups in total. The van der Waals surface area contributed by atoms with Gasteiger partial charge in [-0.1, -0.05) is 0 Å². The fourth-order valence-electron chi connectivity index (χ4n) is 3.46. The van der Waals surface area contributed by atoms with E-state index in [2.05, 4.69) is 26.1 Å². The summed E-state index contributed by atoms with van der Waals surface area (Å²) in [4.78, 5) is 0. The second-order valence-corrected chi connectivity index (χ2v) is 5.82. The van der Waals surface area contributed by atoms with Crippen LogP contribution in [0.25, 0.3) is 0 Å². The Morgan fingerprint density at radius 2 is 1.78 bits per heavy atom. The van der Waals surface area contributed by atoms with Crippen LogP contribution in [0.1, 0.15) is 46.7 Å². The van der Waals surface area contributed by atoms with Gasteiger partial charge in [-0.2, -0.15) is 0 Å². The normalized spacial score (nSPS) is 22.8. The third-order valence-corrected chi connectivity index (χ3v) is 4.82. The predicted molar refractivity (Wildman–Crippen MR) is 74.4 cm³/mol. The Hall–Kier alpha value is -1.02. The van der Waals surface area contributed by atoms with Crippen molar-refractivity contribution in [1.29, 1.82) is 0 Å². The van der Waals surface area contributed by atoms with Crippen LogP contribution in [0.15, 0.2) is 0 Å². The molecule has 3 rings (SSSR count). The van der Waals surface area contributed by atoms with Gasteiger partial charge in [-0.25, -0.2) is 0 Å². The lowest BCUT2D eigenvalue weighted by Gasteiger charge is -2.32. The first-order chi connectivity index (χ1) is 8.65. The molecule has 1 heterocycles. The smallest absolute Gasteiger partial charge is 0.125 e. The molecule has 2 heteroatoms. The van der Waals surface area contributed by atoms with Crippen LogP contribution in [0.4, 0.5) is 0 Å². The standard InChI is InChI=1S/C16H23NO/c1-9-10(2)14-13(16(18-4)11(9)3)7-8-17-15(14)12-5-6-12/h12,15,17H,5-8H2,1-4H3. The Balaban J connectivity index is 2.21. The van der Waals surface area contributed by atoms with E-state index in [4.69, 9.17) is 4.74 Å². The molecule has 1 aromatic rings. The maximum Gasteiger partial charge on any atom is 0.125 e. The summed E-state index contributed by atoms with van der Waals surface area (Å²) in [5, 5.41) is 3.72. The van der Waals surface area contributed by atoms with Crippen LogP contribution in [-0.2, 0) is 6.42 Å². The molecule has 1 aliphatic carbocycles. The molecular weight excluding hydrogens is 222 g/mol. The van der Waals surface area contributed by atoms with E-state index >= 15 is 0 Å². The van der Waals surface area contributed by atoms with Gasteiger partial charge in [0, 0.05) is 11.6 Å². The fourth-order valence-corrected chi connectivity index (χ4v) is 3.46. The van der Waals surface area contributed by atoms with E-state index in [0.29, 0.717) is 6.04 Å². The highest BCUT2D eigenvalue weighted by Gasteiger charge is 2.37. The molecule has 0 spiro atoms. The fraction of sp³-hybridized carbons (Fsp3) is 0.625. The van der Waals surface area contributed by atoms with Crippen molar-refractivity contribution in [3.8, 4) is 5.75 Å². The zero-order chi connectivity index (χ0) is 12.9. The SMILES string of the molecule is COc1c(C)c(C)c(C)c2c1CCNC2C1CC1. The molecule has 0 bridgehead atoms. The van der Waals surface area contributed by atoms with E-state index in [-0.39, 0.29) is 0 Å². The number of hydrogen-bond donors (Lipinski definition) is 1. The van der Waals surface area contributed by atoms with E-state index in [1.54, 1.807) is 5.56 Å². The summed E-state index contributed by atoms with van der Waals surface area (Å²) in [5.74, 6) is 2.00. The molecule has 18 heavy (non-hydrogen) atoms. The number of nitrogens with one attached hydrogen (secondary N) is 1. The van der Waals surface area contributed by atoms with Gasteiger partial charge in [0.15, 0.2) is 0 Å². The van der Waals surface area contributed by atoms with Crippen molar-refractivity contribution < 1.29 is 4.74 Å². The van der Waals surface area contributed by atoms with E-state index in [1.165, 1.54) is 35.1 Å². The molecule has 2 aliphatic rings. The first-order valence-electron chi connectivity index (χ1n) is 7.05. The molecule has 0 aromatic heterocycles. The van der Waals surface area contributed by atoms with Crippen LogP contribution in [0, 0.1) is 26.7 Å². The van der Waals surface area contributed by atoms with E-state index in [9.17, 15) is 0 Å². The summed E-state index contributed by atoms with van der Waals surface area (Å²) in [7, 11) is 1.81. The van der Waals surface area contributed by atoms with Crippen LogP contribution < -0.4 is 10.1 Å². The van der Waals surface area contributed by atoms with Gasteiger partial charge in [0.1, 0.15) is 5.75 Å². The molecule has 0 amide bonds. The summed E-state index contributed by atoms with van der Waals surface area (Å²) in [6, 6.07) is 0.571. The highest BCUT2D eigenvalue weighted by atomic mass is 16.5. The van der Waals surface area contributed by atoms with Crippen LogP contribution >= 0.6 is 0 Å². The zero-order valence-corrected chi connectivity index (χ0v) is 11.9. The zero-order valence-electron chi connectivity index (χ0n) is 11.9. The Morgan fingerprint density at radius 1 is 1.06 bits per heavy atom. The monoisotopic (exact) mass is 245 g/mol. The average Bonchev–Trinajstić information content (AvgIpc) is 3.20. The van der Waals surface area contributed by atoms with Crippen molar-refractivity contribution in [2.75, 3.05) is 13.7 Å². The molecule has 1 saturated carbocycles. The molecule has 1 aromatic carbocycles. The van der Waals surface area contributed by atoms with Crippen LogP contribution in [-0.4, -0.2) is 13.7 Å². The highest BCUT2D eigenvalue weighted by molar-refractivity contribution is 5.57. The third-order valence-electron chi connectivity index (χ3n) is 4.82. The molecule has 1 fully saturated rings. The summed E-state index contributed by atoms with van der Waals surface area (Å²) in [5.41, 5.74) is 7.22. The van der Waals surface area contributed by atoms with E-state index in [1.807, 2.05) is 7.11 Å². The van der Waals surface area contributed by atoms with Gasteiger partial charge in [0.05, 0.1) is 7.11 Å². The lowest BCUT2D eigenvalue weighted by atomic mass is 9.83. The average molecular weight is 245 g/mol. The number of rotatable bonds is 2. The minimum Gasteiger partial charge on any atom is -0.496 e. The van der Waals surface area contributed by atoms with Gasteiger partial charge in [-0.3, -0.25) is 0 Å². The van der Waals surface area contributed by atoms with Gasteiger partial charge < -0.3 is 10.1 Å². The summed E-state index contributed by atoms with van der Waals surface area (Å²) >= 11 is 0. The molecular formula is C16H23NO. The van der Waals surface area contributed by atoms with Crippen molar-refractivity contribution in [3.63, 3.8) is 0 Å².